The first kappa shape index (κ1) is 18.7. The standard InChI is InChI=1S/C22H24N2O3/c1-14-9-10-19(15(2)22(14)27-4)23-21(26)13-20-18-8-6-5-7-17(18)11-12-24(20)16(3)25/h5-12,20H,13H2,1-4H3,(H,23,26)/t20-/m1/s1. The van der Waals surface area contributed by atoms with Crippen molar-refractivity contribution >= 4 is 23.6 Å². The van der Waals surface area contributed by atoms with E-state index in [0.717, 1.165) is 33.7 Å². The molecule has 5 heteroatoms. The van der Waals surface area contributed by atoms with Crippen LogP contribution in [0.15, 0.2) is 42.6 Å². The molecule has 0 fully saturated rings. The van der Waals surface area contributed by atoms with E-state index in [4.69, 9.17) is 4.74 Å². The summed E-state index contributed by atoms with van der Waals surface area (Å²) in [5.74, 6) is 0.529. The lowest BCUT2D eigenvalue weighted by Crippen LogP contribution is -2.33. The number of amides is 2. The maximum absolute atomic E-state index is 12.8. The Bertz CT molecular complexity index is 918. The zero-order chi connectivity index (χ0) is 19.6. The van der Waals surface area contributed by atoms with Crippen LogP contribution >= 0.6 is 0 Å². The second-order valence-electron chi connectivity index (χ2n) is 6.73. The van der Waals surface area contributed by atoms with Crippen LogP contribution < -0.4 is 10.1 Å². The first-order valence-corrected chi connectivity index (χ1v) is 8.92. The average Bonchev–Trinajstić information content (AvgIpc) is 2.64. The molecule has 0 saturated heterocycles. The molecule has 1 heterocycles. The molecule has 0 aromatic heterocycles. The quantitative estimate of drug-likeness (QED) is 0.884. The molecule has 0 saturated carbocycles. The number of methoxy groups -OCH3 is 1. The van der Waals surface area contributed by atoms with Crippen molar-refractivity contribution in [3.8, 4) is 5.75 Å². The van der Waals surface area contributed by atoms with E-state index in [1.54, 1.807) is 18.2 Å². The van der Waals surface area contributed by atoms with Gasteiger partial charge in [0.15, 0.2) is 0 Å². The van der Waals surface area contributed by atoms with Crippen LogP contribution in [0.5, 0.6) is 5.75 Å². The smallest absolute Gasteiger partial charge is 0.226 e. The number of nitrogens with one attached hydrogen (secondary N) is 1. The second-order valence-corrected chi connectivity index (χ2v) is 6.73. The van der Waals surface area contributed by atoms with Crippen molar-refractivity contribution in [3.63, 3.8) is 0 Å². The van der Waals surface area contributed by atoms with Gasteiger partial charge in [-0.05, 0) is 42.7 Å². The minimum absolute atomic E-state index is 0.0910. The van der Waals surface area contributed by atoms with Gasteiger partial charge in [-0.2, -0.15) is 0 Å². The van der Waals surface area contributed by atoms with Gasteiger partial charge in [0.2, 0.25) is 11.8 Å². The van der Waals surface area contributed by atoms with Crippen LogP contribution in [-0.4, -0.2) is 23.8 Å². The second kappa shape index (κ2) is 7.66. The third kappa shape index (κ3) is 3.72. The Balaban J connectivity index is 1.84. The molecular formula is C22H24N2O3. The van der Waals surface area contributed by atoms with Gasteiger partial charge in [-0.3, -0.25) is 9.59 Å². The summed E-state index contributed by atoms with van der Waals surface area (Å²) in [6.07, 6.45) is 3.83. The molecule has 5 nitrogen and oxygen atoms in total. The van der Waals surface area contributed by atoms with Crippen molar-refractivity contribution < 1.29 is 14.3 Å². The van der Waals surface area contributed by atoms with E-state index in [0.29, 0.717) is 0 Å². The molecule has 1 atom stereocenters. The minimum Gasteiger partial charge on any atom is -0.496 e. The number of benzene rings is 2. The van der Waals surface area contributed by atoms with E-state index in [1.807, 2.05) is 56.3 Å². The van der Waals surface area contributed by atoms with Crippen LogP contribution in [0.2, 0.25) is 0 Å². The largest absolute Gasteiger partial charge is 0.496 e. The summed E-state index contributed by atoms with van der Waals surface area (Å²) < 4.78 is 5.43. The van der Waals surface area contributed by atoms with E-state index in [2.05, 4.69) is 5.32 Å². The van der Waals surface area contributed by atoms with Crippen LogP contribution in [0.3, 0.4) is 0 Å². The van der Waals surface area contributed by atoms with Crippen molar-refractivity contribution in [2.24, 2.45) is 0 Å². The summed E-state index contributed by atoms with van der Waals surface area (Å²) in [7, 11) is 1.62. The molecule has 27 heavy (non-hydrogen) atoms. The Kier molecular flexibility index (Phi) is 5.31. The summed E-state index contributed by atoms with van der Waals surface area (Å²) in [6, 6.07) is 11.3. The molecule has 1 N–H and O–H groups in total. The van der Waals surface area contributed by atoms with Gasteiger partial charge in [0, 0.05) is 24.4 Å². The van der Waals surface area contributed by atoms with Gasteiger partial charge in [-0.25, -0.2) is 0 Å². The summed E-state index contributed by atoms with van der Waals surface area (Å²) in [5, 5.41) is 2.97. The molecule has 0 aliphatic carbocycles. The van der Waals surface area contributed by atoms with Gasteiger partial charge in [-0.1, -0.05) is 30.3 Å². The zero-order valence-electron chi connectivity index (χ0n) is 16.1. The number of aryl methyl sites for hydroxylation is 1. The molecule has 2 amide bonds. The number of carbonyl (C=O) groups excluding carboxylic acids is 2. The predicted molar refractivity (Wildman–Crippen MR) is 106 cm³/mol. The fraction of sp³-hybridized carbons (Fsp3) is 0.273. The molecule has 0 unspecified atom stereocenters. The summed E-state index contributed by atoms with van der Waals surface area (Å²) in [5.41, 5.74) is 4.63. The van der Waals surface area contributed by atoms with Gasteiger partial charge in [-0.15, -0.1) is 0 Å². The Hall–Kier alpha value is -3.08. The maximum Gasteiger partial charge on any atom is 0.226 e. The monoisotopic (exact) mass is 364 g/mol. The van der Waals surface area contributed by atoms with Gasteiger partial charge >= 0.3 is 0 Å². The number of rotatable bonds is 4. The number of carbonyl (C=O) groups is 2. The molecule has 2 aromatic rings. The van der Waals surface area contributed by atoms with Gasteiger partial charge in [0.05, 0.1) is 19.6 Å². The van der Waals surface area contributed by atoms with E-state index in [9.17, 15) is 9.59 Å². The van der Waals surface area contributed by atoms with Gasteiger partial charge in [0.25, 0.3) is 0 Å². The zero-order valence-corrected chi connectivity index (χ0v) is 16.1. The molecule has 0 spiro atoms. The maximum atomic E-state index is 12.8. The number of nitrogens with zero attached hydrogens (tertiary/aromatic N) is 1. The third-order valence-electron chi connectivity index (χ3n) is 4.93. The van der Waals surface area contributed by atoms with E-state index in [1.165, 1.54) is 6.92 Å². The van der Waals surface area contributed by atoms with Crippen molar-refractivity contribution in [1.29, 1.82) is 0 Å². The molecule has 1 aliphatic heterocycles. The van der Waals surface area contributed by atoms with Crippen molar-refractivity contribution in [2.45, 2.75) is 33.2 Å². The van der Waals surface area contributed by atoms with E-state index < -0.39 is 0 Å². The number of anilines is 1. The molecule has 0 radical (unpaired) electrons. The number of fused-ring (bicyclic) bond motifs is 1. The third-order valence-corrected chi connectivity index (χ3v) is 4.93. The van der Waals surface area contributed by atoms with E-state index >= 15 is 0 Å². The number of ether oxygens (including phenoxy) is 1. The highest BCUT2D eigenvalue weighted by atomic mass is 16.5. The Labute approximate surface area is 159 Å². The van der Waals surface area contributed by atoms with Crippen molar-refractivity contribution in [3.05, 3.63) is 64.9 Å². The minimum atomic E-state index is -0.323. The van der Waals surface area contributed by atoms with Crippen LogP contribution in [0.1, 0.15) is 41.6 Å². The van der Waals surface area contributed by atoms with Gasteiger partial charge < -0.3 is 15.0 Å². The van der Waals surface area contributed by atoms with Crippen LogP contribution in [0, 0.1) is 13.8 Å². The van der Waals surface area contributed by atoms with Crippen LogP contribution in [0.25, 0.3) is 6.08 Å². The van der Waals surface area contributed by atoms with Crippen LogP contribution in [0.4, 0.5) is 5.69 Å². The predicted octanol–water partition coefficient (Wildman–Crippen LogP) is 4.21. The highest BCUT2D eigenvalue weighted by molar-refractivity contribution is 5.93. The first-order chi connectivity index (χ1) is 12.9. The summed E-state index contributed by atoms with van der Waals surface area (Å²) in [6.45, 7) is 5.40. The Morgan fingerprint density at radius 2 is 1.89 bits per heavy atom. The number of hydrogen-bond donors (Lipinski definition) is 1. The molecule has 0 bridgehead atoms. The Morgan fingerprint density at radius 3 is 2.59 bits per heavy atom. The van der Waals surface area contributed by atoms with E-state index in [-0.39, 0.29) is 24.3 Å². The highest BCUT2D eigenvalue weighted by Gasteiger charge is 2.28. The average molecular weight is 364 g/mol. The summed E-state index contributed by atoms with van der Waals surface area (Å²) >= 11 is 0. The lowest BCUT2D eigenvalue weighted by Gasteiger charge is -2.32. The fourth-order valence-corrected chi connectivity index (χ4v) is 3.57. The molecule has 3 rings (SSSR count). The van der Waals surface area contributed by atoms with Gasteiger partial charge in [0.1, 0.15) is 5.75 Å². The summed E-state index contributed by atoms with van der Waals surface area (Å²) in [4.78, 5) is 26.5. The Morgan fingerprint density at radius 1 is 1.15 bits per heavy atom. The lowest BCUT2D eigenvalue weighted by molar-refractivity contribution is -0.129. The van der Waals surface area contributed by atoms with Crippen LogP contribution in [-0.2, 0) is 9.59 Å². The van der Waals surface area contributed by atoms with Crippen molar-refractivity contribution in [1.82, 2.24) is 4.90 Å². The molecule has 2 aromatic carbocycles. The fourth-order valence-electron chi connectivity index (χ4n) is 3.57. The normalized spacial score (nSPS) is 15.3. The molecular weight excluding hydrogens is 340 g/mol. The molecule has 1 aliphatic rings. The lowest BCUT2D eigenvalue weighted by atomic mass is 9.93. The highest BCUT2D eigenvalue weighted by Crippen LogP contribution is 2.34. The topological polar surface area (TPSA) is 58.6 Å². The first-order valence-electron chi connectivity index (χ1n) is 8.92. The molecule has 140 valence electrons. The number of hydrogen-bond acceptors (Lipinski definition) is 3. The van der Waals surface area contributed by atoms with Crippen molar-refractivity contribution in [2.75, 3.05) is 12.4 Å². The SMILES string of the molecule is COc1c(C)ccc(NC(=O)C[C@@H]2c3ccccc3C=CN2C(C)=O)c1C.